The first-order valence-corrected chi connectivity index (χ1v) is 4.71. The fourth-order valence-corrected chi connectivity index (χ4v) is 1.19. The summed E-state index contributed by atoms with van der Waals surface area (Å²) in [6.07, 6.45) is 4.30. The topological polar surface area (TPSA) is 52.9 Å². The van der Waals surface area contributed by atoms with Crippen LogP contribution >= 0.6 is 23.2 Å². The van der Waals surface area contributed by atoms with E-state index in [4.69, 9.17) is 28.5 Å². The Balaban J connectivity index is 2.78. The lowest BCUT2D eigenvalue weighted by Gasteiger charge is -1.96. The van der Waals surface area contributed by atoms with Gasteiger partial charge in [0.2, 0.25) is 0 Å². The molecule has 3 nitrogen and oxygen atoms in total. The Kier molecular flexibility index (Phi) is 4.17. The van der Waals surface area contributed by atoms with Gasteiger partial charge in [-0.05, 0) is 23.8 Å². The van der Waals surface area contributed by atoms with Crippen LogP contribution in [0.4, 0.5) is 0 Å². The molecule has 0 aliphatic rings. The van der Waals surface area contributed by atoms with E-state index in [-0.39, 0.29) is 0 Å². The lowest BCUT2D eigenvalue weighted by molar-refractivity contribution is -0.115. The van der Waals surface area contributed by atoms with E-state index in [9.17, 15) is 4.79 Å². The van der Waals surface area contributed by atoms with E-state index in [1.807, 2.05) is 5.32 Å². The summed E-state index contributed by atoms with van der Waals surface area (Å²) in [6.45, 7) is 0. The molecule has 0 aliphatic heterocycles. The summed E-state index contributed by atoms with van der Waals surface area (Å²) in [6, 6.07) is 4.97. The normalized spacial score (nSPS) is 9.93. The van der Waals surface area contributed by atoms with Crippen molar-refractivity contribution in [3.8, 4) is 6.19 Å². The highest BCUT2D eigenvalue weighted by atomic mass is 35.5. The zero-order valence-electron chi connectivity index (χ0n) is 7.50. The predicted molar refractivity (Wildman–Crippen MR) is 59.3 cm³/mol. The largest absolute Gasteiger partial charge is 0.269 e. The van der Waals surface area contributed by atoms with E-state index in [1.54, 1.807) is 18.2 Å². The number of nitrogens with zero attached hydrogens (tertiary/aromatic N) is 1. The molecule has 1 N–H and O–H groups in total. The molecule has 0 radical (unpaired) electrons. The molecule has 0 spiro atoms. The van der Waals surface area contributed by atoms with Crippen molar-refractivity contribution in [2.24, 2.45) is 0 Å². The number of hydrogen-bond donors (Lipinski definition) is 1. The van der Waals surface area contributed by atoms with Crippen LogP contribution in [0.3, 0.4) is 0 Å². The Morgan fingerprint density at radius 2 is 2.13 bits per heavy atom. The SMILES string of the molecule is N#CNC(=O)C=Cc1ccc(Cl)c(Cl)c1. The molecule has 0 saturated heterocycles. The van der Waals surface area contributed by atoms with Gasteiger partial charge >= 0.3 is 0 Å². The second kappa shape index (κ2) is 5.40. The van der Waals surface area contributed by atoms with Crippen molar-refractivity contribution in [1.82, 2.24) is 5.32 Å². The van der Waals surface area contributed by atoms with Gasteiger partial charge in [-0.1, -0.05) is 29.3 Å². The van der Waals surface area contributed by atoms with Crippen LogP contribution in [-0.2, 0) is 4.79 Å². The van der Waals surface area contributed by atoms with E-state index in [0.717, 1.165) is 5.56 Å². The maximum Gasteiger partial charge on any atom is 0.256 e. The Labute approximate surface area is 96.9 Å². The van der Waals surface area contributed by atoms with Crippen LogP contribution in [0.25, 0.3) is 6.08 Å². The van der Waals surface area contributed by atoms with E-state index >= 15 is 0 Å². The first-order chi connectivity index (χ1) is 7.13. The number of hydrogen-bond acceptors (Lipinski definition) is 2. The molecule has 0 bridgehead atoms. The lowest BCUT2D eigenvalue weighted by Crippen LogP contribution is -2.13. The molecule has 0 atom stereocenters. The zero-order valence-corrected chi connectivity index (χ0v) is 9.01. The van der Waals surface area contributed by atoms with Gasteiger partial charge in [-0.3, -0.25) is 10.1 Å². The molecule has 0 aliphatic carbocycles. The van der Waals surface area contributed by atoms with Gasteiger partial charge in [0, 0.05) is 6.08 Å². The molecule has 1 rings (SSSR count). The van der Waals surface area contributed by atoms with Gasteiger partial charge in [0.25, 0.3) is 5.91 Å². The summed E-state index contributed by atoms with van der Waals surface area (Å²) in [5, 5.41) is 11.0. The first-order valence-electron chi connectivity index (χ1n) is 3.95. The lowest BCUT2D eigenvalue weighted by atomic mass is 10.2. The second-order valence-corrected chi connectivity index (χ2v) is 3.42. The van der Waals surface area contributed by atoms with Crippen molar-refractivity contribution >= 4 is 35.2 Å². The summed E-state index contributed by atoms with van der Waals surface area (Å²) in [5.74, 6) is -0.483. The van der Waals surface area contributed by atoms with Crippen LogP contribution in [0.2, 0.25) is 10.0 Å². The van der Waals surface area contributed by atoms with E-state index in [2.05, 4.69) is 0 Å². The van der Waals surface area contributed by atoms with Gasteiger partial charge < -0.3 is 0 Å². The van der Waals surface area contributed by atoms with Crippen molar-refractivity contribution in [2.45, 2.75) is 0 Å². The average molecular weight is 241 g/mol. The smallest absolute Gasteiger partial charge is 0.256 e. The highest BCUT2D eigenvalue weighted by Gasteiger charge is 1.97. The molecule has 0 heterocycles. The summed E-state index contributed by atoms with van der Waals surface area (Å²) >= 11 is 11.5. The molecule has 0 saturated carbocycles. The second-order valence-electron chi connectivity index (χ2n) is 2.61. The zero-order chi connectivity index (χ0) is 11.3. The van der Waals surface area contributed by atoms with Crippen LogP contribution in [0.5, 0.6) is 0 Å². The van der Waals surface area contributed by atoms with Gasteiger partial charge in [0.1, 0.15) is 0 Å². The van der Waals surface area contributed by atoms with Crippen LogP contribution < -0.4 is 5.32 Å². The van der Waals surface area contributed by atoms with Crippen molar-refractivity contribution in [2.75, 3.05) is 0 Å². The molecule has 15 heavy (non-hydrogen) atoms. The summed E-state index contributed by atoms with van der Waals surface area (Å²) in [4.78, 5) is 10.9. The Hall–Kier alpha value is -1.50. The molecular weight excluding hydrogens is 235 g/mol. The molecule has 1 aromatic carbocycles. The number of halogens is 2. The fourth-order valence-electron chi connectivity index (χ4n) is 0.885. The third-order valence-electron chi connectivity index (χ3n) is 1.55. The van der Waals surface area contributed by atoms with Gasteiger partial charge in [0.05, 0.1) is 10.0 Å². The maximum atomic E-state index is 10.9. The molecule has 5 heteroatoms. The Bertz CT molecular complexity index is 449. The Morgan fingerprint density at radius 1 is 1.40 bits per heavy atom. The quantitative estimate of drug-likeness (QED) is 0.491. The number of carbonyl (C=O) groups is 1. The number of nitrogens with one attached hydrogen (secondary N) is 1. The van der Waals surface area contributed by atoms with Crippen LogP contribution in [0.15, 0.2) is 24.3 Å². The summed E-state index contributed by atoms with van der Waals surface area (Å²) < 4.78 is 0. The van der Waals surface area contributed by atoms with Gasteiger partial charge in [-0.25, -0.2) is 0 Å². The maximum absolute atomic E-state index is 10.9. The third kappa shape index (κ3) is 3.62. The van der Waals surface area contributed by atoms with E-state index in [0.29, 0.717) is 10.0 Å². The van der Waals surface area contributed by atoms with Crippen molar-refractivity contribution < 1.29 is 4.79 Å². The predicted octanol–water partition coefficient (Wildman–Crippen LogP) is 2.60. The molecule has 0 aromatic heterocycles. The first kappa shape index (κ1) is 11.6. The van der Waals surface area contributed by atoms with Crippen molar-refractivity contribution in [3.63, 3.8) is 0 Å². The van der Waals surface area contributed by atoms with Crippen LogP contribution in [-0.4, -0.2) is 5.91 Å². The Morgan fingerprint density at radius 3 is 2.73 bits per heavy atom. The monoisotopic (exact) mass is 240 g/mol. The molecular formula is C10H6Cl2N2O. The number of nitriles is 1. The van der Waals surface area contributed by atoms with Crippen molar-refractivity contribution in [1.29, 1.82) is 5.26 Å². The van der Waals surface area contributed by atoms with Crippen molar-refractivity contribution in [3.05, 3.63) is 39.9 Å². The van der Waals surface area contributed by atoms with E-state index < -0.39 is 5.91 Å². The number of rotatable bonds is 2. The minimum Gasteiger partial charge on any atom is -0.269 e. The van der Waals surface area contributed by atoms with Crippen LogP contribution in [0.1, 0.15) is 5.56 Å². The molecule has 0 fully saturated rings. The highest BCUT2D eigenvalue weighted by molar-refractivity contribution is 6.42. The minimum atomic E-state index is -0.483. The molecule has 1 amide bonds. The average Bonchev–Trinajstić information content (AvgIpc) is 2.20. The summed E-state index contributed by atoms with van der Waals surface area (Å²) in [5.41, 5.74) is 0.734. The standard InChI is InChI=1S/C10H6Cl2N2O/c11-8-3-1-7(5-9(8)12)2-4-10(15)14-6-13/h1-5H,(H,14,15). The molecule has 1 aromatic rings. The summed E-state index contributed by atoms with van der Waals surface area (Å²) in [7, 11) is 0. The van der Waals surface area contributed by atoms with E-state index in [1.165, 1.54) is 18.3 Å². The van der Waals surface area contributed by atoms with Crippen LogP contribution in [0, 0.1) is 11.5 Å². The number of carbonyl (C=O) groups excluding carboxylic acids is 1. The van der Waals surface area contributed by atoms with Gasteiger partial charge in [0.15, 0.2) is 6.19 Å². The number of benzene rings is 1. The number of amides is 1. The van der Waals surface area contributed by atoms with Gasteiger partial charge in [-0.2, -0.15) is 5.26 Å². The minimum absolute atomic E-state index is 0.416. The molecule has 76 valence electrons. The highest BCUT2D eigenvalue weighted by Crippen LogP contribution is 2.22. The third-order valence-corrected chi connectivity index (χ3v) is 2.29. The van der Waals surface area contributed by atoms with Gasteiger partial charge in [-0.15, -0.1) is 0 Å². The fraction of sp³-hybridized carbons (Fsp3) is 0. The molecule has 0 unspecified atom stereocenters.